The van der Waals surface area contributed by atoms with Gasteiger partial charge in [-0.2, -0.15) is 0 Å². The van der Waals surface area contributed by atoms with Crippen molar-refractivity contribution in [3.05, 3.63) is 53.6 Å². The van der Waals surface area contributed by atoms with E-state index in [1.165, 1.54) is 7.11 Å². The quantitative estimate of drug-likeness (QED) is 0.646. The second kappa shape index (κ2) is 9.19. The van der Waals surface area contributed by atoms with Crippen molar-refractivity contribution in [2.24, 2.45) is 0 Å². The van der Waals surface area contributed by atoms with Crippen LogP contribution in [0.1, 0.15) is 0 Å². The Morgan fingerprint density at radius 2 is 2.00 bits per heavy atom. The SMILES string of the molecule is COc1ccc(Cl)cc1NC(=O)COc1cccc2ccc(N3CCOCC3)nc12. The van der Waals surface area contributed by atoms with Crippen molar-refractivity contribution in [3.8, 4) is 11.5 Å². The van der Waals surface area contributed by atoms with E-state index < -0.39 is 0 Å². The van der Waals surface area contributed by atoms with Crippen LogP contribution in [0.15, 0.2) is 48.5 Å². The van der Waals surface area contributed by atoms with Gasteiger partial charge in [-0.25, -0.2) is 4.98 Å². The third-order valence-corrected chi connectivity index (χ3v) is 5.03. The summed E-state index contributed by atoms with van der Waals surface area (Å²) in [5.41, 5.74) is 1.21. The predicted molar refractivity (Wildman–Crippen MR) is 117 cm³/mol. The van der Waals surface area contributed by atoms with Gasteiger partial charge in [0.05, 0.1) is 26.0 Å². The summed E-state index contributed by atoms with van der Waals surface area (Å²) >= 11 is 6.02. The third kappa shape index (κ3) is 4.58. The van der Waals surface area contributed by atoms with Crippen molar-refractivity contribution in [2.45, 2.75) is 0 Å². The largest absolute Gasteiger partial charge is 0.495 e. The summed E-state index contributed by atoms with van der Waals surface area (Å²) < 4.78 is 16.5. The van der Waals surface area contributed by atoms with Crippen LogP contribution in [0.5, 0.6) is 11.5 Å². The van der Waals surface area contributed by atoms with Gasteiger partial charge in [-0.05, 0) is 36.4 Å². The Morgan fingerprint density at radius 1 is 1.17 bits per heavy atom. The van der Waals surface area contributed by atoms with E-state index in [9.17, 15) is 4.79 Å². The number of hydrogen-bond donors (Lipinski definition) is 1. The van der Waals surface area contributed by atoms with Crippen LogP contribution in [-0.4, -0.2) is 50.9 Å². The fraction of sp³-hybridized carbons (Fsp3) is 0.273. The highest BCUT2D eigenvalue weighted by atomic mass is 35.5. The molecule has 4 rings (SSSR count). The summed E-state index contributed by atoms with van der Waals surface area (Å²) in [5.74, 6) is 1.62. The fourth-order valence-corrected chi connectivity index (χ4v) is 3.47. The smallest absolute Gasteiger partial charge is 0.262 e. The summed E-state index contributed by atoms with van der Waals surface area (Å²) in [7, 11) is 1.53. The van der Waals surface area contributed by atoms with Crippen LogP contribution in [0.2, 0.25) is 5.02 Å². The molecule has 0 saturated carbocycles. The zero-order valence-electron chi connectivity index (χ0n) is 16.6. The summed E-state index contributed by atoms with van der Waals surface area (Å²) in [4.78, 5) is 19.4. The molecule has 2 aromatic carbocycles. The number of aromatic nitrogens is 1. The number of carbonyl (C=O) groups excluding carboxylic acids is 1. The van der Waals surface area contributed by atoms with Gasteiger partial charge in [0.15, 0.2) is 6.61 Å². The molecule has 30 heavy (non-hydrogen) atoms. The first kappa shape index (κ1) is 20.3. The van der Waals surface area contributed by atoms with Crippen LogP contribution in [-0.2, 0) is 9.53 Å². The number of nitrogens with zero attached hydrogens (tertiary/aromatic N) is 2. The number of halogens is 1. The standard InChI is InChI=1S/C22H22ClN3O4/c1-28-18-7-6-16(23)13-17(18)24-21(27)14-30-19-4-2-3-15-5-8-20(25-22(15)19)26-9-11-29-12-10-26/h2-8,13H,9-12,14H2,1H3,(H,24,27). The van der Waals surface area contributed by atoms with Crippen molar-refractivity contribution in [3.63, 3.8) is 0 Å². The second-order valence-corrected chi connectivity index (χ2v) is 7.21. The lowest BCUT2D eigenvalue weighted by molar-refractivity contribution is -0.118. The number of benzene rings is 2. The van der Waals surface area contributed by atoms with Crippen LogP contribution in [0.3, 0.4) is 0 Å². The molecule has 0 atom stereocenters. The minimum atomic E-state index is -0.322. The number of hydrogen-bond acceptors (Lipinski definition) is 6. The zero-order valence-corrected chi connectivity index (χ0v) is 17.3. The van der Waals surface area contributed by atoms with Crippen LogP contribution in [0.25, 0.3) is 10.9 Å². The molecule has 1 aromatic heterocycles. The van der Waals surface area contributed by atoms with Crippen molar-refractivity contribution in [2.75, 3.05) is 50.2 Å². The van der Waals surface area contributed by atoms with E-state index in [0.717, 1.165) is 29.8 Å². The Balaban J connectivity index is 1.49. The minimum absolute atomic E-state index is 0.168. The molecule has 1 amide bonds. The molecule has 156 valence electrons. The summed E-state index contributed by atoms with van der Waals surface area (Å²) in [6.45, 7) is 2.80. The van der Waals surface area contributed by atoms with Gasteiger partial charge >= 0.3 is 0 Å². The van der Waals surface area contributed by atoms with E-state index in [4.69, 9.17) is 30.8 Å². The normalized spacial score (nSPS) is 13.9. The molecular formula is C22H22ClN3O4. The number of amides is 1. The van der Waals surface area contributed by atoms with Gasteiger partial charge in [0.2, 0.25) is 0 Å². The van der Waals surface area contributed by atoms with Gasteiger partial charge in [-0.15, -0.1) is 0 Å². The van der Waals surface area contributed by atoms with Crippen LogP contribution in [0.4, 0.5) is 11.5 Å². The van der Waals surface area contributed by atoms with Crippen LogP contribution >= 0.6 is 11.6 Å². The number of para-hydroxylation sites is 1. The average molecular weight is 428 g/mol. The van der Waals surface area contributed by atoms with Crippen molar-refractivity contribution in [1.82, 2.24) is 4.98 Å². The first-order valence-corrected chi connectivity index (χ1v) is 10.0. The number of morpholine rings is 1. The maximum atomic E-state index is 12.4. The number of methoxy groups -OCH3 is 1. The Bertz CT molecular complexity index is 1050. The number of pyridine rings is 1. The number of ether oxygens (including phenoxy) is 3. The number of fused-ring (bicyclic) bond motifs is 1. The summed E-state index contributed by atoms with van der Waals surface area (Å²) in [6, 6.07) is 14.7. The summed E-state index contributed by atoms with van der Waals surface area (Å²) in [5, 5.41) is 4.21. The number of carbonyl (C=O) groups is 1. The van der Waals surface area contributed by atoms with Crippen molar-refractivity contribution < 1.29 is 19.0 Å². The molecule has 1 fully saturated rings. The molecule has 2 heterocycles. The molecule has 3 aromatic rings. The predicted octanol–water partition coefficient (Wildman–Crippen LogP) is 3.75. The van der Waals surface area contributed by atoms with E-state index in [0.29, 0.717) is 35.4 Å². The molecule has 1 aliphatic rings. The average Bonchev–Trinajstić information content (AvgIpc) is 2.78. The molecule has 0 radical (unpaired) electrons. The molecule has 0 aliphatic carbocycles. The molecule has 8 heteroatoms. The number of nitrogens with one attached hydrogen (secondary N) is 1. The Kier molecular flexibility index (Phi) is 6.21. The highest BCUT2D eigenvalue weighted by Gasteiger charge is 2.15. The van der Waals surface area contributed by atoms with Crippen LogP contribution in [0, 0.1) is 0 Å². The highest BCUT2D eigenvalue weighted by molar-refractivity contribution is 6.31. The molecule has 1 aliphatic heterocycles. The van der Waals surface area contributed by atoms with Gasteiger partial charge in [0, 0.05) is 23.5 Å². The van der Waals surface area contributed by atoms with E-state index in [1.807, 2.05) is 30.3 Å². The lowest BCUT2D eigenvalue weighted by atomic mass is 10.2. The monoisotopic (exact) mass is 427 g/mol. The first-order chi connectivity index (χ1) is 14.6. The van der Waals surface area contributed by atoms with E-state index in [1.54, 1.807) is 18.2 Å². The summed E-state index contributed by atoms with van der Waals surface area (Å²) in [6.07, 6.45) is 0. The lowest BCUT2D eigenvalue weighted by Crippen LogP contribution is -2.36. The topological polar surface area (TPSA) is 72.9 Å². The van der Waals surface area contributed by atoms with Gasteiger partial charge in [-0.3, -0.25) is 4.79 Å². The molecule has 0 bridgehead atoms. The van der Waals surface area contributed by atoms with Crippen LogP contribution < -0.4 is 19.7 Å². The Morgan fingerprint density at radius 3 is 2.80 bits per heavy atom. The molecule has 0 unspecified atom stereocenters. The number of anilines is 2. The van der Waals surface area contributed by atoms with Crippen molar-refractivity contribution >= 4 is 39.9 Å². The molecule has 7 nitrogen and oxygen atoms in total. The fourth-order valence-electron chi connectivity index (χ4n) is 3.30. The molecule has 0 spiro atoms. The second-order valence-electron chi connectivity index (χ2n) is 6.78. The maximum Gasteiger partial charge on any atom is 0.262 e. The molecule has 1 saturated heterocycles. The van der Waals surface area contributed by atoms with Gasteiger partial charge in [-0.1, -0.05) is 23.7 Å². The van der Waals surface area contributed by atoms with Gasteiger partial charge in [0.1, 0.15) is 22.8 Å². The van der Waals surface area contributed by atoms with E-state index in [-0.39, 0.29) is 12.5 Å². The maximum absolute atomic E-state index is 12.4. The minimum Gasteiger partial charge on any atom is -0.495 e. The third-order valence-electron chi connectivity index (χ3n) is 4.80. The first-order valence-electron chi connectivity index (χ1n) is 9.63. The Labute approximate surface area is 179 Å². The van der Waals surface area contributed by atoms with Crippen molar-refractivity contribution in [1.29, 1.82) is 0 Å². The molecule has 1 N–H and O–H groups in total. The zero-order chi connectivity index (χ0) is 20.9. The number of rotatable bonds is 6. The van der Waals surface area contributed by atoms with E-state index in [2.05, 4.69) is 10.2 Å². The Hall–Kier alpha value is -3.03. The molecular weight excluding hydrogens is 406 g/mol. The van der Waals surface area contributed by atoms with E-state index >= 15 is 0 Å². The highest BCUT2D eigenvalue weighted by Crippen LogP contribution is 2.29. The van der Waals surface area contributed by atoms with Gasteiger partial charge in [0.25, 0.3) is 5.91 Å². The lowest BCUT2D eigenvalue weighted by Gasteiger charge is -2.28. The van der Waals surface area contributed by atoms with Gasteiger partial charge < -0.3 is 24.4 Å².